The SMILES string of the molecule is O=C(O)CC[C@H]1CCCN(C(=O)c2cc(Cl)sc2Cl)C1. The largest absolute Gasteiger partial charge is 0.481 e. The molecule has 7 heteroatoms. The van der Waals surface area contributed by atoms with E-state index in [0.717, 1.165) is 12.8 Å². The predicted molar refractivity (Wildman–Crippen MR) is 79.8 cm³/mol. The van der Waals surface area contributed by atoms with Crippen molar-refractivity contribution >= 4 is 46.4 Å². The molecule has 0 aliphatic carbocycles. The molecule has 0 spiro atoms. The first-order valence-electron chi connectivity index (χ1n) is 6.43. The highest BCUT2D eigenvalue weighted by Crippen LogP contribution is 2.33. The lowest BCUT2D eigenvalue weighted by Crippen LogP contribution is -2.40. The number of halogens is 2. The molecule has 1 N–H and O–H groups in total. The number of thiophene rings is 1. The quantitative estimate of drug-likeness (QED) is 0.910. The number of carboxylic acids is 1. The standard InChI is InChI=1S/C13H15Cl2NO3S/c14-10-6-9(12(15)20-10)13(19)16-5-1-2-8(7-16)3-4-11(17)18/h6,8H,1-5,7H2,(H,17,18)/t8-/m1/s1. The highest BCUT2D eigenvalue weighted by Gasteiger charge is 2.26. The molecule has 2 rings (SSSR count). The Morgan fingerprint density at radius 2 is 2.20 bits per heavy atom. The fourth-order valence-corrected chi connectivity index (χ4v) is 3.92. The molecule has 0 saturated carbocycles. The van der Waals surface area contributed by atoms with E-state index in [1.807, 2.05) is 0 Å². The van der Waals surface area contributed by atoms with Gasteiger partial charge in [0.05, 0.1) is 9.90 Å². The Morgan fingerprint density at radius 1 is 1.45 bits per heavy atom. The first-order chi connectivity index (χ1) is 9.47. The molecule has 20 heavy (non-hydrogen) atoms. The van der Waals surface area contributed by atoms with Crippen LogP contribution in [0.5, 0.6) is 0 Å². The molecule has 1 aromatic rings. The van der Waals surface area contributed by atoms with Crippen molar-refractivity contribution in [1.29, 1.82) is 0 Å². The van der Waals surface area contributed by atoms with Gasteiger partial charge in [-0.1, -0.05) is 23.2 Å². The van der Waals surface area contributed by atoms with E-state index in [4.69, 9.17) is 28.3 Å². The van der Waals surface area contributed by atoms with Gasteiger partial charge < -0.3 is 10.0 Å². The third-order valence-corrected chi connectivity index (χ3v) is 4.95. The number of rotatable bonds is 4. The summed E-state index contributed by atoms with van der Waals surface area (Å²) in [5, 5.41) is 8.73. The van der Waals surface area contributed by atoms with Crippen molar-refractivity contribution in [3.8, 4) is 0 Å². The van der Waals surface area contributed by atoms with E-state index in [1.54, 1.807) is 11.0 Å². The van der Waals surface area contributed by atoms with Crippen LogP contribution in [0.3, 0.4) is 0 Å². The molecule has 1 atom stereocenters. The van der Waals surface area contributed by atoms with Crippen molar-refractivity contribution in [3.63, 3.8) is 0 Å². The second kappa shape index (κ2) is 6.78. The first kappa shape index (κ1) is 15.6. The monoisotopic (exact) mass is 335 g/mol. The van der Waals surface area contributed by atoms with Crippen molar-refractivity contribution in [2.24, 2.45) is 5.92 Å². The minimum absolute atomic E-state index is 0.113. The number of carboxylic acid groups (broad SMARTS) is 1. The number of carbonyl (C=O) groups excluding carboxylic acids is 1. The van der Waals surface area contributed by atoms with Crippen LogP contribution in [0.2, 0.25) is 8.67 Å². The van der Waals surface area contributed by atoms with Crippen LogP contribution in [0, 0.1) is 5.92 Å². The fraction of sp³-hybridized carbons (Fsp3) is 0.538. The fourth-order valence-electron chi connectivity index (χ4n) is 2.47. The Hall–Kier alpha value is -0.780. The van der Waals surface area contributed by atoms with Crippen LogP contribution in [0.25, 0.3) is 0 Å². The van der Waals surface area contributed by atoms with E-state index < -0.39 is 5.97 Å². The molecule has 0 unspecified atom stereocenters. The molecule has 0 bridgehead atoms. The zero-order valence-corrected chi connectivity index (χ0v) is 13.1. The maximum absolute atomic E-state index is 12.4. The summed E-state index contributed by atoms with van der Waals surface area (Å²) >= 11 is 13.0. The zero-order chi connectivity index (χ0) is 14.7. The highest BCUT2D eigenvalue weighted by molar-refractivity contribution is 7.20. The van der Waals surface area contributed by atoms with Gasteiger partial charge in [0, 0.05) is 19.5 Å². The molecule has 4 nitrogen and oxygen atoms in total. The molecule has 110 valence electrons. The molecule has 1 fully saturated rings. The maximum Gasteiger partial charge on any atom is 0.303 e. The van der Waals surface area contributed by atoms with E-state index in [-0.39, 0.29) is 18.2 Å². The Balaban J connectivity index is 1.99. The average Bonchev–Trinajstić information content (AvgIpc) is 2.75. The number of likely N-dealkylation sites (tertiary alicyclic amines) is 1. The summed E-state index contributed by atoms with van der Waals surface area (Å²) in [6.45, 7) is 1.28. The molecule has 0 radical (unpaired) electrons. The van der Waals surface area contributed by atoms with Crippen LogP contribution in [0.4, 0.5) is 0 Å². The van der Waals surface area contributed by atoms with Crippen molar-refractivity contribution in [2.45, 2.75) is 25.7 Å². The summed E-state index contributed by atoms with van der Waals surface area (Å²) in [5.41, 5.74) is 0.445. The number of piperidine rings is 1. The number of hydrogen-bond acceptors (Lipinski definition) is 3. The van der Waals surface area contributed by atoms with Gasteiger partial charge in [-0.15, -0.1) is 11.3 Å². The van der Waals surface area contributed by atoms with Crippen molar-refractivity contribution in [1.82, 2.24) is 4.90 Å². The van der Waals surface area contributed by atoms with E-state index >= 15 is 0 Å². The molecule has 1 aromatic heterocycles. The number of hydrogen-bond donors (Lipinski definition) is 1. The summed E-state index contributed by atoms with van der Waals surface area (Å²) in [6.07, 6.45) is 2.62. The first-order valence-corrected chi connectivity index (χ1v) is 8.00. The van der Waals surface area contributed by atoms with Gasteiger partial charge in [0.15, 0.2) is 0 Å². The smallest absolute Gasteiger partial charge is 0.303 e. The van der Waals surface area contributed by atoms with Gasteiger partial charge in [-0.2, -0.15) is 0 Å². The molecular weight excluding hydrogens is 321 g/mol. The minimum Gasteiger partial charge on any atom is -0.481 e. The summed E-state index contributed by atoms with van der Waals surface area (Å²) in [6, 6.07) is 1.59. The summed E-state index contributed by atoms with van der Waals surface area (Å²) in [7, 11) is 0. The van der Waals surface area contributed by atoms with Crippen LogP contribution in [0.15, 0.2) is 6.07 Å². The lowest BCUT2D eigenvalue weighted by atomic mass is 9.93. The van der Waals surface area contributed by atoms with Crippen LogP contribution in [0.1, 0.15) is 36.0 Å². The van der Waals surface area contributed by atoms with Crippen molar-refractivity contribution < 1.29 is 14.7 Å². The third kappa shape index (κ3) is 3.87. The second-order valence-corrected chi connectivity index (χ2v) is 7.22. The van der Waals surface area contributed by atoms with Crippen LogP contribution >= 0.6 is 34.5 Å². The molecule has 1 aliphatic heterocycles. The lowest BCUT2D eigenvalue weighted by Gasteiger charge is -2.32. The van der Waals surface area contributed by atoms with Crippen LogP contribution in [-0.4, -0.2) is 35.0 Å². The number of aliphatic carboxylic acids is 1. The predicted octanol–water partition coefficient (Wildman–Crippen LogP) is 3.77. The van der Waals surface area contributed by atoms with Gasteiger partial charge in [0.25, 0.3) is 5.91 Å². The van der Waals surface area contributed by atoms with E-state index in [1.165, 1.54) is 11.3 Å². The number of amides is 1. The lowest BCUT2D eigenvalue weighted by molar-refractivity contribution is -0.137. The van der Waals surface area contributed by atoms with Gasteiger partial charge >= 0.3 is 5.97 Å². The van der Waals surface area contributed by atoms with Crippen LogP contribution in [-0.2, 0) is 4.79 Å². The van der Waals surface area contributed by atoms with E-state index in [0.29, 0.717) is 33.7 Å². The number of nitrogens with zero attached hydrogens (tertiary/aromatic N) is 1. The zero-order valence-electron chi connectivity index (χ0n) is 10.8. The van der Waals surface area contributed by atoms with Crippen molar-refractivity contribution in [2.75, 3.05) is 13.1 Å². The van der Waals surface area contributed by atoms with Crippen molar-refractivity contribution in [3.05, 3.63) is 20.3 Å². The Kier molecular flexibility index (Phi) is 5.29. The molecule has 0 aromatic carbocycles. The topological polar surface area (TPSA) is 57.6 Å². The summed E-state index contributed by atoms with van der Waals surface area (Å²) in [5.74, 6) is -0.657. The van der Waals surface area contributed by atoms with Gasteiger partial charge in [-0.05, 0) is 31.2 Å². The third-order valence-electron chi connectivity index (χ3n) is 3.46. The number of carbonyl (C=O) groups is 2. The van der Waals surface area contributed by atoms with Gasteiger partial charge in [-0.25, -0.2) is 0 Å². The Labute approximate surface area is 131 Å². The minimum atomic E-state index is -0.791. The summed E-state index contributed by atoms with van der Waals surface area (Å²) < 4.78 is 0.908. The van der Waals surface area contributed by atoms with Gasteiger partial charge in [-0.3, -0.25) is 9.59 Å². The average molecular weight is 336 g/mol. The second-order valence-electron chi connectivity index (χ2n) is 4.93. The van der Waals surface area contributed by atoms with Gasteiger partial charge in [0.2, 0.25) is 0 Å². The molecule has 1 aliphatic rings. The summed E-state index contributed by atoms with van der Waals surface area (Å²) in [4.78, 5) is 24.8. The molecular formula is C13H15Cl2NO3S. The van der Waals surface area contributed by atoms with Gasteiger partial charge in [0.1, 0.15) is 4.34 Å². The Morgan fingerprint density at radius 3 is 2.80 bits per heavy atom. The molecule has 1 amide bonds. The van der Waals surface area contributed by atoms with Crippen LogP contribution < -0.4 is 0 Å². The van der Waals surface area contributed by atoms with E-state index in [9.17, 15) is 9.59 Å². The molecule has 2 heterocycles. The maximum atomic E-state index is 12.4. The molecule has 1 saturated heterocycles. The highest BCUT2D eigenvalue weighted by atomic mass is 35.5. The van der Waals surface area contributed by atoms with E-state index in [2.05, 4.69) is 0 Å². The Bertz CT molecular complexity index is 518. The normalized spacial score (nSPS) is 19.1.